The van der Waals surface area contributed by atoms with E-state index in [1.54, 1.807) is 20.8 Å². The number of amides is 2. The third kappa shape index (κ3) is 5.61. The van der Waals surface area contributed by atoms with Crippen LogP contribution in [-0.2, 0) is 16.0 Å². The van der Waals surface area contributed by atoms with E-state index in [2.05, 4.69) is 15.6 Å². The lowest BCUT2D eigenvalue weighted by Crippen LogP contribution is -2.38. The predicted molar refractivity (Wildman–Crippen MR) is 86.1 cm³/mol. The summed E-state index contributed by atoms with van der Waals surface area (Å²) in [6.07, 6.45) is 3.42. The molecule has 2 heterocycles. The second-order valence-electron chi connectivity index (χ2n) is 6.15. The molecule has 0 unspecified atom stereocenters. The smallest absolute Gasteiger partial charge is 0.407 e. The van der Waals surface area contributed by atoms with E-state index in [0.29, 0.717) is 18.8 Å². The number of pyridine rings is 1. The molecule has 0 saturated carbocycles. The minimum atomic E-state index is -0.531. The summed E-state index contributed by atoms with van der Waals surface area (Å²) in [6, 6.07) is 5.68. The third-order valence-electron chi connectivity index (χ3n) is 2.87. The van der Waals surface area contributed by atoms with Crippen LogP contribution in [0.15, 0.2) is 30.6 Å². The summed E-state index contributed by atoms with van der Waals surface area (Å²) in [4.78, 5) is 27.7. The monoisotopic (exact) mass is 318 g/mol. The van der Waals surface area contributed by atoms with Crippen molar-refractivity contribution in [2.75, 3.05) is 13.1 Å². The highest BCUT2D eigenvalue weighted by atomic mass is 16.6. The standard InChI is InChI=1S/C16H22N4O3/c1-16(2,3)23-15(22)18-8-7-17-14(21)10-12-11-20-9-5-4-6-13(20)19-12/h4-6,9,11H,7-8,10H2,1-3H3,(H,17,21)(H,18,22). The summed E-state index contributed by atoms with van der Waals surface area (Å²) in [5.41, 5.74) is 0.979. The Morgan fingerprint density at radius 2 is 1.96 bits per heavy atom. The number of aromatic nitrogens is 2. The van der Waals surface area contributed by atoms with Gasteiger partial charge in [0.1, 0.15) is 11.2 Å². The van der Waals surface area contributed by atoms with Gasteiger partial charge < -0.3 is 19.8 Å². The number of alkyl carbamates (subject to hydrolysis) is 1. The Morgan fingerprint density at radius 3 is 2.65 bits per heavy atom. The molecule has 0 aromatic carbocycles. The van der Waals surface area contributed by atoms with E-state index in [0.717, 1.165) is 5.65 Å². The van der Waals surface area contributed by atoms with Crippen molar-refractivity contribution < 1.29 is 14.3 Å². The molecular formula is C16H22N4O3. The number of ether oxygens (including phenoxy) is 1. The largest absolute Gasteiger partial charge is 0.444 e. The Hall–Kier alpha value is -2.57. The molecule has 0 atom stereocenters. The van der Waals surface area contributed by atoms with Gasteiger partial charge in [0, 0.05) is 25.5 Å². The maximum absolute atomic E-state index is 11.9. The first-order chi connectivity index (χ1) is 10.8. The van der Waals surface area contributed by atoms with Crippen LogP contribution in [0.5, 0.6) is 0 Å². The van der Waals surface area contributed by atoms with Crippen LogP contribution in [0.2, 0.25) is 0 Å². The van der Waals surface area contributed by atoms with E-state index in [1.807, 2.05) is 35.0 Å². The number of carbonyl (C=O) groups is 2. The highest BCUT2D eigenvalue weighted by Crippen LogP contribution is 2.06. The van der Waals surface area contributed by atoms with Gasteiger partial charge in [-0.25, -0.2) is 9.78 Å². The molecule has 23 heavy (non-hydrogen) atoms. The SMILES string of the molecule is CC(C)(C)OC(=O)NCCNC(=O)Cc1cn2ccccc2n1. The maximum atomic E-state index is 11.9. The molecule has 2 aromatic rings. The number of carbonyl (C=O) groups excluding carboxylic acids is 2. The fourth-order valence-corrected chi connectivity index (χ4v) is 1.98. The highest BCUT2D eigenvalue weighted by molar-refractivity contribution is 5.78. The number of nitrogens with one attached hydrogen (secondary N) is 2. The Labute approximate surface area is 135 Å². The number of hydrogen-bond donors (Lipinski definition) is 2. The zero-order valence-electron chi connectivity index (χ0n) is 13.6. The van der Waals surface area contributed by atoms with Gasteiger partial charge in [-0.2, -0.15) is 0 Å². The molecule has 0 spiro atoms. The lowest BCUT2D eigenvalue weighted by atomic mass is 10.2. The van der Waals surface area contributed by atoms with Crippen LogP contribution in [0.4, 0.5) is 4.79 Å². The van der Waals surface area contributed by atoms with E-state index < -0.39 is 11.7 Å². The van der Waals surface area contributed by atoms with Crippen LogP contribution in [0.1, 0.15) is 26.5 Å². The van der Waals surface area contributed by atoms with Crippen molar-refractivity contribution in [3.8, 4) is 0 Å². The van der Waals surface area contributed by atoms with Crippen molar-refractivity contribution in [2.45, 2.75) is 32.8 Å². The van der Waals surface area contributed by atoms with Crippen molar-refractivity contribution in [3.63, 3.8) is 0 Å². The Balaban J connectivity index is 1.70. The summed E-state index contributed by atoms with van der Waals surface area (Å²) in [5, 5.41) is 5.32. The number of nitrogens with zero attached hydrogens (tertiary/aromatic N) is 2. The van der Waals surface area contributed by atoms with Crippen LogP contribution < -0.4 is 10.6 Å². The first-order valence-electron chi connectivity index (χ1n) is 7.50. The highest BCUT2D eigenvalue weighted by Gasteiger charge is 2.15. The molecule has 0 aliphatic carbocycles. The molecule has 0 aliphatic heterocycles. The molecule has 7 nitrogen and oxygen atoms in total. The lowest BCUT2D eigenvalue weighted by Gasteiger charge is -2.19. The van der Waals surface area contributed by atoms with Crippen LogP contribution in [0.3, 0.4) is 0 Å². The Morgan fingerprint density at radius 1 is 1.22 bits per heavy atom. The van der Waals surface area contributed by atoms with Crippen molar-refractivity contribution in [3.05, 3.63) is 36.3 Å². The number of imidazole rings is 1. The van der Waals surface area contributed by atoms with Crippen molar-refractivity contribution in [2.24, 2.45) is 0 Å². The molecule has 0 radical (unpaired) electrons. The third-order valence-corrected chi connectivity index (χ3v) is 2.87. The molecule has 0 fully saturated rings. The second kappa shape index (κ2) is 7.13. The minimum Gasteiger partial charge on any atom is -0.444 e. The van der Waals surface area contributed by atoms with Gasteiger partial charge in [0.15, 0.2) is 0 Å². The van der Waals surface area contributed by atoms with E-state index in [1.165, 1.54) is 0 Å². The average Bonchev–Trinajstić information content (AvgIpc) is 2.83. The summed E-state index contributed by atoms with van der Waals surface area (Å²) < 4.78 is 6.97. The normalized spacial score (nSPS) is 11.3. The van der Waals surface area contributed by atoms with E-state index in [9.17, 15) is 9.59 Å². The molecule has 2 aromatic heterocycles. The molecule has 0 saturated heterocycles. The topological polar surface area (TPSA) is 84.7 Å². The zero-order valence-corrected chi connectivity index (χ0v) is 13.6. The maximum Gasteiger partial charge on any atom is 0.407 e. The molecule has 2 amide bonds. The Kier molecular flexibility index (Phi) is 5.20. The first-order valence-corrected chi connectivity index (χ1v) is 7.50. The number of hydrogen-bond acceptors (Lipinski definition) is 4. The lowest BCUT2D eigenvalue weighted by molar-refractivity contribution is -0.120. The quantitative estimate of drug-likeness (QED) is 0.819. The molecule has 124 valence electrons. The summed E-state index contributed by atoms with van der Waals surface area (Å²) >= 11 is 0. The molecular weight excluding hydrogens is 296 g/mol. The van der Waals surface area contributed by atoms with Gasteiger partial charge in [0.25, 0.3) is 0 Å². The molecule has 7 heteroatoms. The minimum absolute atomic E-state index is 0.139. The van der Waals surface area contributed by atoms with Crippen LogP contribution in [-0.4, -0.2) is 40.1 Å². The summed E-state index contributed by atoms with van der Waals surface area (Å²) in [5.74, 6) is -0.139. The van der Waals surface area contributed by atoms with Gasteiger partial charge >= 0.3 is 6.09 Å². The fraction of sp³-hybridized carbons (Fsp3) is 0.438. The van der Waals surface area contributed by atoms with Gasteiger partial charge in [-0.1, -0.05) is 6.07 Å². The van der Waals surface area contributed by atoms with Crippen LogP contribution in [0, 0.1) is 0 Å². The molecule has 0 bridgehead atoms. The van der Waals surface area contributed by atoms with Crippen molar-refractivity contribution in [1.82, 2.24) is 20.0 Å². The average molecular weight is 318 g/mol. The van der Waals surface area contributed by atoms with E-state index in [-0.39, 0.29) is 12.3 Å². The van der Waals surface area contributed by atoms with Gasteiger partial charge in [0.05, 0.1) is 12.1 Å². The van der Waals surface area contributed by atoms with Crippen LogP contribution >= 0.6 is 0 Å². The van der Waals surface area contributed by atoms with Gasteiger partial charge in [-0.3, -0.25) is 4.79 Å². The predicted octanol–water partition coefficient (Wildman–Crippen LogP) is 1.52. The van der Waals surface area contributed by atoms with Gasteiger partial charge in [-0.05, 0) is 32.9 Å². The molecule has 2 rings (SSSR count). The summed E-state index contributed by atoms with van der Waals surface area (Å²) in [7, 11) is 0. The van der Waals surface area contributed by atoms with E-state index >= 15 is 0 Å². The molecule has 0 aliphatic rings. The molecule has 2 N–H and O–H groups in total. The zero-order chi connectivity index (χ0) is 16.9. The van der Waals surface area contributed by atoms with Crippen molar-refractivity contribution >= 4 is 17.6 Å². The summed E-state index contributed by atoms with van der Waals surface area (Å²) in [6.45, 7) is 6.03. The second-order valence-corrected chi connectivity index (χ2v) is 6.15. The van der Waals surface area contributed by atoms with E-state index in [4.69, 9.17) is 4.74 Å². The number of rotatable bonds is 5. The van der Waals surface area contributed by atoms with Crippen molar-refractivity contribution in [1.29, 1.82) is 0 Å². The van der Waals surface area contributed by atoms with Gasteiger partial charge in [0.2, 0.25) is 5.91 Å². The first kappa shape index (κ1) is 16.8. The number of fused-ring (bicyclic) bond motifs is 1. The van der Waals surface area contributed by atoms with Gasteiger partial charge in [-0.15, -0.1) is 0 Å². The van der Waals surface area contributed by atoms with Crippen LogP contribution in [0.25, 0.3) is 5.65 Å². The fourth-order valence-electron chi connectivity index (χ4n) is 1.98. The Bertz CT molecular complexity index is 655.